The molecule has 0 aliphatic heterocycles. The first-order valence-corrected chi connectivity index (χ1v) is 10.2. The van der Waals surface area contributed by atoms with Crippen LogP contribution in [0.25, 0.3) is 11.1 Å². The Bertz CT molecular complexity index is 1080. The van der Waals surface area contributed by atoms with Gasteiger partial charge in [0.05, 0.1) is 14.2 Å². The number of rotatable bonds is 7. The van der Waals surface area contributed by atoms with E-state index in [0.29, 0.717) is 27.1 Å². The number of amides is 1. The van der Waals surface area contributed by atoms with Crippen LogP contribution >= 0.6 is 22.9 Å². The summed E-state index contributed by atoms with van der Waals surface area (Å²) in [7, 11) is 2.85. The van der Waals surface area contributed by atoms with E-state index in [9.17, 15) is 9.59 Å². The van der Waals surface area contributed by atoms with Gasteiger partial charge in [-0.2, -0.15) is 0 Å². The molecule has 1 aromatic heterocycles. The fourth-order valence-corrected chi connectivity index (χ4v) is 4.19. The van der Waals surface area contributed by atoms with Crippen molar-refractivity contribution in [1.29, 1.82) is 0 Å². The summed E-state index contributed by atoms with van der Waals surface area (Å²) >= 11 is 7.41. The molecule has 0 unspecified atom stereocenters. The molecule has 3 rings (SSSR count). The third kappa shape index (κ3) is 4.93. The highest BCUT2D eigenvalue weighted by Gasteiger charge is 2.25. The first kappa shape index (κ1) is 21.7. The van der Waals surface area contributed by atoms with Gasteiger partial charge in [0, 0.05) is 21.5 Å². The quantitative estimate of drug-likeness (QED) is 0.506. The fraction of sp³-hybridized carbons (Fsp3) is 0.182. The molecule has 156 valence electrons. The Morgan fingerprint density at radius 3 is 2.50 bits per heavy atom. The number of nitrogens with one attached hydrogen (secondary N) is 1. The van der Waals surface area contributed by atoms with Crippen molar-refractivity contribution >= 4 is 39.8 Å². The summed E-state index contributed by atoms with van der Waals surface area (Å²) in [5.74, 6) is 0.181. The van der Waals surface area contributed by atoms with Crippen LogP contribution in [0, 0.1) is 6.92 Å². The number of aryl methyl sites for hydroxylation is 1. The SMILES string of the molecule is COC(=O)c1c(NC(=O)COc2cccc(OC)c2)sc(C)c1-c1cccc(Cl)c1. The molecule has 0 aliphatic rings. The van der Waals surface area contributed by atoms with E-state index in [4.69, 9.17) is 25.8 Å². The molecule has 0 aliphatic carbocycles. The highest BCUT2D eigenvalue weighted by Crippen LogP contribution is 2.41. The number of ether oxygens (including phenoxy) is 3. The normalized spacial score (nSPS) is 10.4. The molecule has 0 atom stereocenters. The largest absolute Gasteiger partial charge is 0.497 e. The highest BCUT2D eigenvalue weighted by molar-refractivity contribution is 7.17. The molecule has 0 saturated heterocycles. The summed E-state index contributed by atoms with van der Waals surface area (Å²) in [6, 6.07) is 14.1. The summed E-state index contributed by atoms with van der Waals surface area (Å²) in [5.41, 5.74) is 1.74. The maximum atomic E-state index is 12.5. The standard InChI is InChI=1S/C22H20ClNO5S/c1-13-19(14-6-4-7-15(23)10-14)20(22(26)28-3)21(30-13)24-18(25)12-29-17-9-5-8-16(11-17)27-2/h4-11H,12H2,1-3H3,(H,24,25). The zero-order chi connectivity index (χ0) is 21.7. The van der Waals surface area contributed by atoms with Gasteiger partial charge in [0.1, 0.15) is 22.1 Å². The Labute approximate surface area is 183 Å². The third-order valence-electron chi connectivity index (χ3n) is 4.25. The maximum absolute atomic E-state index is 12.5. The lowest BCUT2D eigenvalue weighted by Gasteiger charge is -2.10. The molecule has 8 heteroatoms. The first-order valence-electron chi connectivity index (χ1n) is 8.97. The Morgan fingerprint density at radius 1 is 1.07 bits per heavy atom. The predicted molar refractivity (Wildman–Crippen MR) is 118 cm³/mol. The zero-order valence-corrected chi connectivity index (χ0v) is 18.2. The van der Waals surface area contributed by atoms with Crippen molar-refractivity contribution < 1.29 is 23.8 Å². The zero-order valence-electron chi connectivity index (χ0n) is 16.7. The molecular weight excluding hydrogens is 426 g/mol. The summed E-state index contributed by atoms with van der Waals surface area (Å²) < 4.78 is 15.6. The molecule has 1 amide bonds. The van der Waals surface area contributed by atoms with E-state index in [1.54, 1.807) is 49.6 Å². The second-order valence-corrected chi connectivity index (χ2v) is 7.92. The van der Waals surface area contributed by atoms with Crippen molar-refractivity contribution in [3.8, 4) is 22.6 Å². The number of carbonyl (C=O) groups is 2. The molecule has 1 N–H and O–H groups in total. The number of methoxy groups -OCH3 is 2. The average Bonchev–Trinajstić information content (AvgIpc) is 3.07. The molecule has 0 spiro atoms. The molecule has 3 aromatic rings. The van der Waals surface area contributed by atoms with E-state index in [1.165, 1.54) is 18.4 Å². The van der Waals surface area contributed by atoms with Crippen molar-refractivity contribution in [1.82, 2.24) is 0 Å². The molecule has 30 heavy (non-hydrogen) atoms. The van der Waals surface area contributed by atoms with Crippen LogP contribution in [0.4, 0.5) is 5.00 Å². The molecule has 6 nitrogen and oxygen atoms in total. The van der Waals surface area contributed by atoms with Gasteiger partial charge in [-0.05, 0) is 36.8 Å². The lowest BCUT2D eigenvalue weighted by molar-refractivity contribution is -0.118. The van der Waals surface area contributed by atoms with E-state index in [-0.39, 0.29) is 12.2 Å². The topological polar surface area (TPSA) is 73.9 Å². The van der Waals surface area contributed by atoms with E-state index in [0.717, 1.165) is 10.4 Å². The number of halogens is 1. The second kappa shape index (κ2) is 9.65. The van der Waals surface area contributed by atoms with E-state index < -0.39 is 11.9 Å². The van der Waals surface area contributed by atoms with Crippen LogP contribution in [0.5, 0.6) is 11.5 Å². The summed E-state index contributed by atoms with van der Waals surface area (Å²) in [5, 5.41) is 3.70. The lowest BCUT2D eigenvalue weighted by atomic mass is 10.0. The summed E-state index contributed by atoms with van der Waals surface area (Å²) in [4.78, 5) is 25.8. The minimum atomic E-state index is -0.543. The molecule has 0 bridgehead atoms. The van der Waals surface area contributed by atoms with Gasteiger partial charge in [0.25, 0.3) is 5.91 Å². The summed E-state index contributed by atoms with van der Waals surface area (Å²) in [6.07, 6.45) is 0. The van der Waals surface area contributed by atoms with Crippen LogP contribution in [-0.2, 0) is 9.53 Å². The minimum Gasteiger partial charge on any atom is -0.497 e. The predicted octanol–water partition coefficient (Wildman–Crippen LogP) is 5.19. The van der Waals surface area contributed by atoms with Gasteiger partial charge in [-0.1, -0.05) is 29.8 Å². The van der Waals surface area contributed by atoms with Gasteiger partial charge in [0.15, 0.2) is 6.61 Å². The molecular formula is C22H20ClNO5S. The smallest absolute Gasteiger partial charge is 0.341 e. The van der Waals surface area contributed by atoms with E-state index in [1.807, 2.05) is 13.0 Å². The van der Waals surface area contributed by atoms with Gasteiger partial charge < -0.3 is 19.5 Å². The monoisotopic (exact) mass is 445 g/mol. The summed E-state index contributed by atoms with van der Waals surface area (Å²) in [6.45, 7) is 1.65. The molecule has 0 radical (unpaired) electrons. The van der Waals surface area contributed by atoms with E-state index in [2.05, 4.69) is 5.32 Å². The average molecular weight is 446 g/mol. The van der Waals surface area contributed by atoms with Crippen molar-refractivity contribution in [2.24, 2.45) is 0 Å². The van der Waals surface area contributed by atoms with Crippen molar-refractivity contribution in [2.75, 3.05) is 26.1 Å². The van der Waals surface area contributed by atoms with Crippen LogP contribution in [0.1, 0.15) is 15.2 Å². The Morgan fingerprint density at radius 2 is 1.80 bits per heavy atom. The van der Waals surface area contributed by atoms with Crippen molar-refractivity contribution in [3.63, 3.8) is 0 Å². The number of thiophene rings is 1. The maximum Gasteiger partial charge on any atom is 0.341 e. The van der Waals surface area contributed by atoms with Crippen LogP contribution in [-0.4, -0.2) is 32.7 Å². The molecule has 0 saturated carbocycles. The minimum absolute atomic E-state index is 0.225. The van der Waals surface area contributed by atoms with Gasteiger partial charge in [0.2, 0.25) is 0 Å². The molecule has 2 aromatic carbocycles. The number of hydrogen-bond donors (Lipinski definition) is 1. The van der Waals surface area contributed by atoms with Gasteiger partial charge in [-0.15, -0.1) is 11.3 Å². The van der Waals surface area contributed by atoms with Crippen LogP contribution < -0.4 is 14.8 Å². The Kier molecular flexibility index (Phi) is 6.97. The van der Waals surface area contributed by atoms with Crippen molar-refractivity contribution in [3.05, 3.63) is 64.0 Å². The van der Waals surface area contributed by atoms with Crippen molar-refractivity contribution in [2.45, 2.75) is 6.92 Å². The Hall–Kier alpha value is -3.03. The number of hydrogen-bond acceptors (Lipinski definition) is 6. The number of benzene rings is 2. The number of anilines is 1. The number of carbonyl (C=O) groups excluding carboxylic acids is 2. The van der Waals surface area contributed by atoms with Crippen LogP contribution in [0.2, 0.25) is 5.02 Å². The first-order chi connectivity index (χ1) is 14.4. The molecule has 1 heterocycles. The van der Waals surface area contributed by atoms with Gasteiger partial charge in [-0.3, -0.25) is 4.79 Å². The molecule has 0 fully saturated rings. The second-order valence-electron chi connectivity index (χ2n) is 6.26. The fourth-order valence-electron chi connectivity index (χ4n) is 2.92. The lowest BCUT2D eigenvalue weighted by Crippen LogP contribution is -2.21. The third-order valence-corrected chi connectivity index (χ3v) is 5.51. The van der Waals surface area contributed by atoms with E-state index >= 15 is 0 Å². The van der Waals surface area contributed by atoms with Gasteiger partial charge in [-0.25, -0.2) is 4.79 Å². The van der Waals surface area contributed by atoms with Crippen LogP contribution in [0.15, 0.2) is 48.5 Å². The highest BCUT2D eigenvalue weighted by atomic mass is 35.5. The van der Waals surface area contributed by atoms with Gasteiger partial charge >= 0.3 is 5.97 Å². The Balaban J connectivity index is 1.84. The number of esters is 1. The van der Waals surface area contributed by atoms with Crippen LogP contribution in [0.3, 0.4) is 0 Å².